The van der Waals surface area contributed by atoms with E-state index in [9.17, 15) is 13.2 Å². The Morgan fingerprint density at radius 1 is 1.04 bits per heavy atom. The second-order valence-electron chi connectivity index (χ2n) is 6.62. The van der Waals surface area contributed by atoms with Crippen LogP contribution in [0.1, 0.15) is 21.5 Å². The zero-order valence-corrected chi connectivity index (χ0v) is 16.4. The maximum absolute atomic E-state index is 12.7. The number of aryl methyl sites for hydroxylation is 1. The molecule has 1 aliphatic heterocycles. The highest BCUT2D eigenvalue weighted by Gasteiger charge is 2.29. The van der Waals surface area contributed by atoms with Gasteiger partial charge in [-0.15, -0.1) is 0 Å². The van der Waals surface area contributed by atoms with Crippen LogP contribution in [0.3, 0.4) is 0 Å². The van der Waals surface area contributed by atoms with Crippen molar-refractivity contribution in [3.05, 3.63) is 65.2 Å². The van der Waals surface area contributed by atoms with Crippen LogP contribution in [-0.2, 0) is 15.8 Å². The number of carbonyl (C=O) groups is 1. The monoisotopic (exact) mass is 388 g/mol. The SMILES string of the molecule is COc1cc(C(=O)N2CCN(S(=O)(=O)Cc3ccccc3)CC2)ccc1C. The van der Waals surface area contributed by atoms with Crippen LogP contribution >= 0.6 is 0 Å². The van der Waals surface area contributed by atoms with Gasteiger partial charge in [0.2, 0.25) is 10.0 Å². The Kier molecular flexibility index (Phi) is 5.82. The van der Waals surface area contributed by atoms with Crippen LogP contribution in [0.15, 0.2) is 48.5 Å². The van der Waals surface area contributed by atoms with E-state index in [2.05, 4.69) is 0 Å². The summed E-state index contributed by atoms with van der Waals surface area (Å²) in [6, 6.07) is 14.5. The molecule has 0 bridgehead atoms. The molecule has 27 heavy (non-hydrogen) atoms. The number of carbonyl (C=O) groups excluding carboxylic acids is 1. The topological polar surface area (TPSA) is 66.9 Å². The van der Waals surface area contributed by atoms with Gasteiger partial charge in [0.05, 0.1) is 12.9 Å². The van der Waals surface area contributed by atoms with Crippen molar-refractivity contribution in [3.8, 4) is 5.75 Å². The first-order valence-corrected chi connectivity index (χ1v) is 10.5. The summed E-state index contributed by atoms with van der Waals surface area (Å²) in [6.07, 6.45) is 0. The normalized spacial score (nSPS) is 15.6. The summed E-state index contributed by atoms with van der Waals surface area (Å²) in [5.74, 6) is 0.551. The van der Waals surface area contributed by atoms with Gasteiger partial charge in [-0.1, -0.05) is 36.4 Å². The van der Waals surface area contributed by atoms with E-state index in [0.717, 1.165) is 11.1 Å². The molecule has 0 aliphatic carbocycles. The number of hydrogen-bond acceptors (Lipinski definition) is 4. The minimum absolute atomic E-state index is 0.0169. The second kappa shape index (κ2) is 8.10. The fraction of sp³-hybridized carbons (Fsp3) is 0.350. The van der Waals surface area contributed by atoms with Crippen LogP contribution in [0.5, 0.6) is 5.75 Å². The Morgan fingerprint density at radius 3 is 2.33 bits per heavy atom. The lowest BCUT2D eigenvalue weighted by Crippen LogP contribution is -2.50. The highest BCUT2D eigenvalue weighted by molar-refractivity contribution is 7.88. The van der Waals surface area contributed by atoms with E-state index in [4.69, 9.17) is 4.74 Å². The third-order valence-electron chi connectivity index (χ3n) is 4.77. The molecule has 1 aliphatic rings. The van der Waals surface area contributed by atoms with Crippen LogP contribution in [0.25, 0.3) is 0 Å². The van der Waals surface area contributed by atoms with Gasteiger partial charge in [-0.05, 0) is 30.2 Å². The molecule has 3 rings (SSSR count). The average molecular weight is 388 g/mol. The molecule has 1 saturated heterocycles. The Hall–Kier alpha value is -2.38. The Balaban J connectivity index is 1.63. The highest BCUT2D eigenvalue weighted by atomic mass is 32.2. The van der Waals surface area contributed by atoms with E-state index >= 15 is 0 Å². The number of amides is 1. The van der Waals surface area contributed by atoms with E-state index in [0.29, 0.717) is 37.5 Å². The van der Waals surface area contributed by atoms with Gasteiger partial charge >= 0.3 is 0 Å². The molecule has 0 aromatic heterocycles. The molecule has 1 amide bonds. The van der Waals surface area contributed by atoms with E-state index < -0.39 is 10.0 Å². The smallest absolute Gasteiger partial charge is 0.254 e. The summed E-state index contributed by atoms with van der Waals surface area (Å²) in [7, 11) is -1.81. The molecule has 0 spiro atoms. The van der Waals surface area contributed by atoms with Crippen molar-refractivity contribution < 1.29 is 17.9 Å². The minimum atomic E-state index is -3.39. The number of benzene rings is 2. The molecule has 0 unspecified atom stereocenters. The summed E-state index contributed by atoms with van der Waals surface area (Å²) in [5.41, 5.74) is 2.28. The molecular weight excluding hydrogens is 364 g/mol. The number of hydrogen-bond donors (Lipinski definition) is 0. The lowest BCUT2D eigenvalue weighted by molar-refractivity contribution is 0.0697. The summed E-state index contributed by atoms with van der Waals surface area (Å²) in [4.78, 5) is 14.4. The van der Waals surface area contributed by atoms with Crippen LogP contribution in [0, 0.1) is 6.92 Å². The lowest BCUT2D eigenvalue weighted by Gasteiger charge is -2.34. The van der Waals surface area contributed by atoms with E-state index in [1.54, 1.807) is 24.1 Å². The quantitative estimate of drug-likeness (QED) is 0.788. The zero-order chi connectivity index (χ0) is 19.4. The summed E-state index contributed by atoms with van der Waals surface area (Å²) in [6.45, 7) is 3.29. The highest BCUT2D eigenvalue weighted by Crippen LogP contribution is 2.21. The predicted molar refractivity (Wildman–Crippen MR) is 104 cm³/mol. The minimum Gasteiger partial charge on any atom is -0.496 e. The van der Waals surface area contributed by atoms with E-state index in [1.165, 1.54) is 4.31 Å². The molecule has 2 aromatic carbocycles. The third-order valence-corrected chi connectivity index (χ3v) is 6.62. The molecule has 0 radical (unpaired) electrons. The number of nitrogens with zero attached hydrogens (tertiary/aromatic N) is 2. The van der Waals surface area contributed by atoms with Gasteiger partial charge < -0.3 is 9.64 Å². The second-order valence-corrected chi connectivity index (χ2v) is 8.59. The van der Waals surface area contributed by atoms with Gasteiger partial charge in [-0.3, -0.25) is 4.79 Å². The van der Waals surface area contributed by atoms with Crippen molar-refractivity contribution in [1.29, 1.82) is 0 Å². The fourth-order valence-corrected chi connectivity index (χ4v) is 4.70. The van der Waals surface area contributed by atoms with Crippen molar-refractivity contribution in [2.45, 2.75) is 12.7 Å². The third kappa shape index (κ3) is 4.48. The summed E-state index contributed by atoms with van der Waals surface area (Å²) < 4.78 is 32.0. The molecule has 1 heterocycles. The fourth-order valence-electron chi connectivity index (χ4n) is 3.18. The first-order chi connectivity index (χ1) is 12.9. The maximum Gasteiger partial charge on any atom is 0.254 e. The molecule has 0 saturated carbocycles. The van der Waals surface area contributed by atoms with Crippen molar-refractivity contribution in [2.75, 3.05) is 33.3 Å². The molecular formula is C20H24N2O4S. The van der Waals surface area contributed by atoms with Crippen LogP contribution in [-0.4, -0.2) is 56.8 Å². The van der Waals surface area contributed by atoms with Crippen molar-refractivity contribution >= 4 is 15.9 Å². The van der Waals surface area contributed by atoms with Crippen LogP contribution < -0.4 is 4.74 Å². The van der Waals surface area contributed by atoms with Crippen molar-refractivity contribution in [3.63, 3.8) is 0 Å². The molecule has 144 valence electrons. The summed E-state index contributed by atoms with van der Waals surface area (Å²) in [5, 5.41) is 0. The van der Waals surface area contributed by atoms with E-state index in [1.807, 2.05) is 43.3 Å². The summed E-state index contributed by atoms with van der Waals surface area (Å²) >= 11 is 0. The Labute approximate surface area is 160 Å². The molecule has 6 nitrogen and oxygen atoms in total. The maximum atomic E-state index is 12.7. The molecule has 0 N–H and O–H groups in total. The van der Waals surface area contributed by atoms with Gasteiger partial charge in [-0.2, -0.15) is 4.31 Å². The Morgan fingerprint density at radius 2 is 1.70 bits per heavy atom. The van der Waals surface area contributed by atoms with Crippen molar-refractivity contribution in [1.82, 2.24) is 9.21 Å². The molecule has 0 atom stereocenters. The van der Waals surface area contributed by atoms with Crippen LogP contribution in [0.2, 0.25) is 0 Å². The first-order valence-electron chi connectivity index (χ1n) is 8.86. The lowest BCUT2D eigenvalue weighted by atomic mass is 10.1. The predicted octanol–water partition coefficient (Wildman–Crippen LogP) is 2.29. The van der Waals surface area contributed by atoms with Gasteiger partial charge in [0.1, 0.15) is 5.75 Å². The standard InChI is InChI=1S/C20H24N2O4S/c1-16-8-9-18(14-19(16)26-2)20(23)21-10-12-22(13-11-21)27(24,25)15-17-6-4-3-5-7-17/h3-9,14H,10-13,15H2,1-2H3. The molecule has 1 fully saturated rings. The van der Waals surface area contributed by atoms with E-state index in [-0.39, 0.29) is 11.7 Å². The van der Waals surface area contributed by atoms with Crippen molar-refractivity contribution in [2.24, 2.45) is 0 Å². The average Bonchev–Trinajstić information content (AvgIpc) is 2.68. The van der Waals surface area contributed by atoms with Gasteiger partial charge in [-0.25, -0.2) is 8.42 Å². The molecule has 2 aromatic rings. The number of piperazine rings is 1. The number of rotatable bonds is 5. The van der Waals surface area contributed by atoms with Gasteiger partial charge in [0.25, 0.3) is 5.91 Å². The largest absolute Gasteiger partial charge is 0.496 e. The number of methoxy groups -OCH3 is 1. The van der Waals surface area contributed by atoms with Gasteiger partial charge in [0.15, 0.2) is 0 Å². The van der Waals surface area contributed by atoms with Gasteiger partial charge in [0, 0.05) is 31.7 Å². The zero-order valence-electron chi connectivity index (χ0n) is 15.6. The Bertz CT molecular complexity index is 905. The number of ether oxygens (including phenoxy) is 1. The molecule has 7 heteroatoms. The number of sulfonamides is 1. The first kappa shape index (κ1) is 19.4. The van der Waals surface area contributed by atoms with Crippen LogP contribution in [0.4, 0.5) is 0 Å².